The molecule has 0 radical (unpaired) electrons. The van der Waals surface area contributed by atoms with Gasteiger partial charge in [0.05, 0.1) is 19.5 Å². The number of nitrogen functional groups attached to an aromatic ring is 1. The molecule has 18 heavy (non-hydrogen) atoms. The fourth-order valence-electron chi connectivity index (χ4n) is 2.09. The average molecular weight is 248 g/mol. The van der Waals surface area contributed by atoms with Crippen LogP contribution in [-0.4, -0.2) is 45.8 Å². The molecule has 1 aliphatic rings. The first-order chi connectivity index (χ1) is 8.79. The summed E-state index contributed by atoms with van der Waals surface area (Å²) in [5.74, 6) is 1.10. The van der Waals surface area contributed by atoms with Crippen LogP contribution in [0.1, 0.15) is 6.92 Å². The van der Waals surface area contributed by atoms with Crippen LogP contribution in [0, 0.1) is 0 Å². The summed E-state index contributed by atoms with van der Waals surface area (Å²) in [6, 6.07) is 0. The number of rotatable bonds is 2. The molecule has 0 atom stereocenters. The number of hydrogen-bond donors (Lipinski definition) is 1. The highest BCUT2D eigenvalue weighted by atomic mass is 16.5. The minimum absolute atomic E-state index is 0.439. The third-order valence-corrected chi connectivity index (χ3v) is 3.11. The molecule has 1 fully saturated rings. The molecular weight excluding hydrogens is 232 g/mol. The van der Waals surface area contributed by atoms with E-state index in [0.29, 0.717) is 30.5 Å². The number of ether oxygens (including phenoxy) is 1. The zero-order valence-corrected chi connectivity index (χ0v) is 10.3. The first-order valence-corrected chi connectivity index (χ1v) is 6.10. The van der Waals surface area contributed by atoms with E-state index in [1.165, 1.54) is 0 Å². The maximum Gasteiger partial charge on any atom is 0.229 e. The van der Waals surface area contributed by atoms with Crippen molar-refractivity contribution in [2.45, 2.75) is 13.5 Å². The van der Waals surface area contributed by atoms with E-state index in [-0.39, 0.29) is 0 Å². The van der Waals surface area contributed by atoms with Gasteiger partial charge in [0.2, 0.25) is 5.95 Å². The third-order valence-electron chi connectivity index (χ3n) is 3.11. The summed E-state index contributed by atoms with van der Waals surface area (Å²) in [7, 11) is 0. The molecular formula is C11H16N6O. The van der Waals surface area contributed by atoms with Crippen molar-refractivity contribution in [3.8, 4) is 0 Å². The van der Waals surface area contributed by atoms with Crippen molar-refractivity contribution in [1.82, 2.24) is 19.5 Å². The first-order valence-electron chi connectivity index (χ1n) is 6.10. The predicted molar refractivity (Wildman–Crippen MR) is 68.4 cm³/mol. The van der Waals surface area contributed by atoms with Crippen molar-refractivity contribution < 1.29 is 4.74 Å². The lowest BCUT2D eigenvalue weighted by atomic mass is 10.4. The fourth-order valence-corrected chi connectivity index (χ4v) is 2.09. The highest BCUT2D eigenvalue weighted by Crippen LogP contribution is 2.20. The SMILES string of the molecule is CCn1cnc2c(N)nc(N3CCOCC3)nc21. The summed E-state index contributed by atoms with van der Waals surface area (Å²) >= 11 is 0. The lowest BCUT2D eigenvalue weighted by Gasteiger charge is -2.26. The maximum absolute atomic E-state index is 5.95. The smallest absolute Gasteiger partial charge is 0.229 e. The van der Waals surface area contributed by atoms with E-state index < -0.39 is 0 Å². The molecule has 2 N–H and O–H groups in total. The van der Waals surface area contributed by atoms with Crippen molar-refractivity contribution in [2.24, 2.45) is 0 Å². The topological polar surface area (TPSA) is 82.1 Å². The van der Waals surface area contributed by atoms with Crippen molar-refractivity contribution in [1.29, 1.82) is 0 Å². The standard InChI is InChI=1S/C11H16N6O/c1-2-16-7-13-8-9(12)14-11(15-10(8)16)17-3-5-18-6-4-17/h7H,2-6H2,1H3,(H2,12,14,15). The van der Waals surface area contributed by atoms with Gasteiger partial charge in [0.15, 0.2) is 11.5 Å². The minimum Gasteiger partial charge on any atom is -0.382 e. The number of hydrogen-bond acceptors (Lipinski definition) is 6. The van der Waals surface area contributed by atoms with Crippen LogP contribution in [0.15, 0.2) is 6.33 Å². The van der Waals surface area contributed by atoms with Crippen LogP contribution in [0.25, 0.3) is 11.2 Å². The lowest BCUT2D eigenvalue weighted by Crippen LogP contribution is -2.37. The maximum atomic E-state index is 5.95. The van der Waals surface area contributed by atoms with Crippen LogP contribution in [0.2, 0.25) is 0 Å². The van der Waals surface area contributed by atoms with Gasteiger partial charge in [0, 0.05) is 19.6 Å². The second kappa shape index (κ2) is 4.41. The van der Waals surface area contributed by atoms with Gasteiger partial charge in [-0.3, -0.25) is 0 Å². The highest BCUT2D eigenvalue weighted by Gasteiger charge is 2.17. The summed E-state index contributed by atoms with van der Waals surface area (Å²) < 4.78 is 7.29. The Morgan fingerprint density at radius 1 is 1.33 bits per heavy atom. The molecule has 0 unspecified atom stereocenters. The molecule has 2 aromatic rings. The Balaban J connectivity index is 2.06. The number of aromatic nitrogens is 4. The van der Waals surface area contributed by atoms with Gasteiger partial charge in [0.1, 0.15) is 5.52 Å². The molecule has 7 heteroatoms. The van der Waals surface area contributed by atoms with Gasteiger partial charge in [-0.2, -0.15) is 9.97 Å². The van der Waals surface area contributed by atoms with E-state index in [0.717, 1.165) is 25.3 Å². The summed E-state index contributed by atoms with van der Waals surface area (Å²) in [5, 5.41) is 0. The van der Waals surface area contributed by atoms with Gasteiger partial charge in [0.25, 0.3) is 0 Å². The van der Waals surface area contributed by atoms with Gasteiger partial charge in [-0.1, -0.05) is 0 Å². The number of imidazole rings is 1. The fraction of sp³-hybridized carbons (Fsp3) is 0.545. The Kier molecular flexibility index (Phi) is 2.75. The summed E-state index contributed by atoms with van der Waals surface area (Å²) in [5.41, 5.74) is 7.42. The zero-order valence-electron chi connectivity index (χ0n) is 10.3. The molecule has 0 aromatic carbocycles. The van der Waals surface area contributed by atoms with E-state index >= 15 is 0 Å². The summed E-state index contributed by atoms with van der Waals surface area (Å²) in [6.45, 7) is 5.86. The van der Waals surface area contributed by atoms with Crippen LogP contribution in [0.4, 0.5) is 11.8 Å². The number of fused-ring (bicyclic) bond motifs is 1. The van der Waals surface area contributed by atoms with Gasteiger partial charge in [-0.05, 0) is 6.92 Å². The number of aryl methyl sites for hydroxylation is 1. The number of morpholine rings is 1. The van der Waals surface area contributed by atoms with Gasteiger partial charge < -0.3 is 19.9 Å². The van der Waals surface area contributed by atoms with E-state index in [4.69, 9.17) is 10.5 Å². The monoisotopic (exact) mass is 248 g/mol. The van der Waals surface area contributed by atoms with E-state index in [1.54, 1.807) is 6.33 Å². The van der Waals surface area contributed by atoms with Gasteiger partial charge >= 0.3 is 0 Å². The van der Waals surface area contributed by atoms with E-state index in [2.05, 4.69) is 19.9 Å². The van der Waals surface area contributed by atoms with Gasteiger partial charge in [-0.25, -0.2) is 4.98 Å². The molecule has 0 saturated carbocycles. The summed E-state index contributed by atoms with van der Waals surface area (Å²) in [6.07, 6.45) is 1.75. The van der Waals surface area contributed by atoms with E-state index in [9.17, 15) is 0 Å². The Morgan fingerprint density at radius 2 is 2.11 bits per heavy atom. The molecule has 0 spiro atoms. The van der Waals surface area contributed by atoms with Crippen LogP contribution in [-0.2, 0) is 11.3 Å². The van der Waals surface area contributed by atoms with E-state index in [1.807, 2.05) is 11.5 Å². The Bertz CT molecular complexity index is 560. The highest BCUT2D eigenvalue weighted by molar-refractivity contribution is 5.82. The second-order valence-electron chi connectivity index (χ2n) is 4.21. The third kappa shape index (κ3) is 1.76. The Labute approximate surface area is 105 Å². The molecule has 1 aliphatic heterocycles. The molecule has 96 valence electrons. The molecule has 0 bridgehead atoms. The number of nitrogens with two attached hydrogens (primary N) is 1. The molecule has 3 rings (SSSR count). The largest absolute Gasteiger partial charge is 0.382 e. The van der Waals surface area contributed by atoms with Crippen molar-refractivity contribution >= 4 is 22.9 Å². The average Bonchev–Trinajstić information content (AvgIpc) is 2.83. The van der Waals surface area contributed by atoms with Gasteiger partial charge in [-0.15, -0.1) is 0 Å². The molecule has 7 nitrogen and oxygen atoms in total. The van der Waals surface area contributed by atoms with Crippen LogP contribution in [0.3, 0.4) is 0 Å². The number of anilines is 2. The van der Waals surface area contributed by atoms with Crippen LogP contribution in [0.5, 0.6) is 0 Å². The van der Waals surface area contributed by atoms with Crippen LogP contribution < -0.4 is 10.6 Å². The van der Waals surface area contributed by atoms with Crippen molar-refractivity contribution in [3.63, 3.8) is 0 Å². The molecule has 1 saturated heterocycles. The molecule has 2 aromatic heterocycles. The summed E-state index contributed by atoms with van der Waals surface area (Å²) in [4.78, 5) is 15.2. The lowest BCUT2D eigenvalue weighted by molar-refractivity contribution is 0.122. The van der Waals surface area contributed by atoms with Crippen molar-refractivity contribution in [3.05, 3.63) is 6.33 Å². The molecule has 3 heterocycles. The predicted octanol–water partition coefficient (Wildman–Crippen LogP) is 0.265. The Morgan fingerprint density at radius 3 is 2.83 bits per heavy atom. The van der Waals surface area contributed by atoms with Crippen molar-refractivity contribution in [2.75, 3.05) is 36.9 Å². The quantitative estimate of drug-likeness (QED) is 0.821. The Hall–Kier alpha value is -1.89. The number of nitrogens with zero attached hydrogens (tertiary/aromatic N) is 5. The molecule has 0 amide bonds. The second-order valence-corrected chi connectivity index (χ2v) is 4.21. The first kappa shape index (κ1) is 11.2. The molecule has 0 aliphatic carbocycles. The van der Waals surface area contributed by atoms with Crippen LogP contribution >= 0.6 is 0 Å². The zero-order chi connectivity index (χ0) is 12.5. The minimum atomic E-state index is 0.439. The normalized spacial score (nSPS) is 16.4.